The second-order valence-corrected chi connectivity index (χ2v) is 6.66. The average molecular weight is 343 g/mol. The molecule has 0 spiro atoms. The minimum Gasteiger partial charge on any atom is -0.319 e. The van der Waals surface area contributed by atoms with E-state index < -0.39 is 21.7 Å². The predicted molar refractivity (Wildman–Crippen MR) is 84.3 cm³/mol. The summed E-state index contributed by atoms with van der Waals surface area (Å²) < 4.78 is 38.0. The standard InChI is InChI=1S/C14H12ClFN2O3S/c1-22(20,21)18-12-7-6-9(8-10(12)15)14(19)17-13-5-3-2-4-11(13)16/h2-8,18H,1H3,(H,17,19). The number of halogens is 2. The normalized spacial score (nSPS) is 11.0. The van der Waals surface area contributed by atoms with Crippen LogP contribution in [0.5, 0.6) is 0 Å². The first-order chi connectivity index (χ1) is 10.3. The fourth-order valence-electron chi connectivity index (χ4n) is 1.70. The fraction of sp³-hybridized carbons (Fsp3) is 0.0714. The Kier molecular flexibility index (Phi) is 4.68. The zero-order valence-corrected chi connectivity index (χ0v) is 13.0. The average Bonchev–Trinajstić information content (AvgIpc) is 2.42. The van der Waals surface area contributed by atoms with E-state index in [-0.39, 0.29) is 22.0 Å². The monoisotopic (exact) mass is 342 g/mol. The summed E-state index contributed by atoms with van der Waals surface area (Å²) in [4.78, 5) is 12.0. The van der Waals surface area contributed by atoms with Crippen molar-refractivity contribution in [3.63, 3.8) is 0 Å². The Balaban J connectivity index is 2.21. The van der Waals surface area contributed by atoms with E-state index in [9.17, 15) is 17.6 Å². The maximum absolute atomic E-state index is 13.5. The van der Waals surface area contributed by atoms with Crippen LogP contribution in [0.15, 0.2) is 42.5 Å². The van der Waals surface area contributed by atoms with Gasteiger partial charge in [0.05, 0.1) is 22.7 Å². The Hall–Kier alpha value is -2.12. The molecule has 22 heavy (non-hydrogen) atoms. The highest BCUT2D eigenvalue weighted by Gasteiger charge is 2.12. The van der Waals surface area contributed by atoms with Crippen molar-refractivity contribution in [2.24, 2.45) is 0 Å². The summed E-state index contributed by atoms with van der Waals surface area (Å²) in [5, 5.41) is 2.47. The lowest BCUT2D eigenvalue weighted by molar-refractivity contribution is 0.102. The maximum Gasteiger partial charge on any atom is 0.255 e. The largest absolute Gasteiger partial charge is 0.319 e. The molecule has 0 fully saturated rings. The fourth-order valence-corrected chi connectivity index (χ4v) is 2.56. The zero-order valence-electron chi connectivity index (χ0n) is 11.4. The number of anilines is 2. The van der Waals surface area contributed by atoms with Crippen LogP contribution in [-0.2, 0) is 10.0 Å². The summed E-state index contributed by atoms with van der Waals surface area (Å²) >= 11 is 5.93. The molecule has 2 N–H and O–H groups in total. The summed E-state index contributed by atoms with van der Waals surface area (Å²) in [7, 11) is -3.47. The minimum atomic E-state index is -3.47. The van der Waals surface area contributed by atoms with E-state index in [0.29, 0.717) is 0 Å². The van der Waals surface area contributed by atoms with Gasteiger partial charge in [0, 0.05) is 5.56 Å². The molecule has 2 aromatic carbocycles. The lowest BCUT2D eigenvalue weighted by Gasteiger charge is -2.09. The first-order valence-corrected chi connectivity index (χ1v) is 8.36. The number of benzene rings is 2. The van der Waals surface area contributed by atoms with Gasteiger partial charge in [-0.05, 0) is 30.3 Å². The molecule has 0 aliphatic heterocycles. The van der Waals surface area contributed by atoms with E-state index in [4.69, 9.17) is 11.6 Å². The molecule has 1 amide bonds. The molecular weight excluding hydrogens is 331 g/mol. The third-order valence-corrected chi connectivity index (χ3v) is 3.55. The summed E-state index contributed by atoms with van der Waals surface area (Å²) in [6.45, 7) is 0. The molecule has 0 unspecified atom stereocenters. The van der Waals surface area contributed by atoms with Gasteiger partial charge in [0.25, 0.3) is 5.91 Å². The predicted octanol–water partition coefficient (Wildman–Crippen LogP) is 3.10. The van der Waals surface area contributed by atoms with Crippen molar-refractivity contribution in [3.8, 4) is 0 Å². The highest BCUT2D eigenvalue weighted by molar-refractivity contribution is 7.92. The third kappa shape index (κ3) is 4.19. The van der Waals surface area contributed by atoms with Gasteiger partial charge >= 0.3 is 0 Å². The number of hydrogen-bond donors (Lipinski definition) is 2. The maximum atomic E-state index is 13.5. The van der Waals surface area contributed by atoms with Crippen molar-refractivity contribution < 1.29 is 17.6 Å². The van der Waals surface area contributed by atoms with Gasteiger partial charge in [-0.25, -0.2) is 12.8 Å². The van der Waals surface area contributed by atoms with Crippen LogP contribution in [0.25, 0.3) is 0 Å². The van der Waals surface area contributed by atoms with Gasteiger partial charge in [0.1, 0.15) is 5.82 Å². The van der Waals surface area contributed by atoms with Gasteiger partial charge in [-0.2, -0.15) is 0 Å². The SMILES string of the molecule is CS(=O)(=O)Nc1ccc(C(=O)Nc2ccccc2F)cc1Cl. The smallest absolute Gasteiger partial charge is 0.255 e. The summed E-state index contributed by atoms with van der Waals surface area (Å²) in [5.74, 6) is -1.12. The van der Waals surface area contributed by atoms with E-state index >= 15 is 0 Å². The molecule has 0 saturated carbocycles. The number of amides is 1. The van der Waals surface area contributed by atoms with Gasteiger partial charge in [-0.1, -0.05) is 23.7 Å². The van der Waals surface area contributed by atoms with E-state index in [0.717, 1.165) is 6.26 Å². The molecule has 0 heterocycles. The first-order valence-electron chi connectivity index (χ1n) is 6.09. The van der Waals surface area contributed by atoms with Gasteiger partial charge < -0.3 is 5.32 Å². The second-order valence-electron chi connectivity index (χ2n) is 4.50. The Labute approximate surface area is 132 Å². The molecule has 2 rings (SSSR count). The molecule has 0 saturated heterocycles. The molecule has 0 radical (unpaired) electrons. The van der Waals surface area contributed by atoms with Crippen LogP contribution >= 0.6 is 11.6 Å². The van der Waals surface area contributed by atoms with Crippen LogP contribution in [0.4, 0.5) is 15.8 Å². The van der Waals surface area contributed by atoms with E-state index in [1.54, 1.807) is 6.07 Å². The van der Waals surface area contributed by atoms with Crippen LogP contribution < -0.4 is 10.0 Å². The number of rotatable bonds is 4. The number of para-hydroxylation sites is 1. The molecule has 2 aromatic rings. The van der Waals surface area contributed by atoms with Gasteiger partial charge in [-0.15, -0.1) is 0 Å². The van der Waals surface area contributed by atoms with Gasteiger partial charge in [0.15, 0.2) is 0 Å². The first kappa shape index (κ1) is 16.3. The topological polar surface area (TPSA) is 75.3 Å². The summed E-state index contributed by atoms with van der Waals surface area (Å²) in [6.07, 6.45) is 0.988. The van der Waals surface area contributed by atoms with Crippen molar-refractivity contribution in [2.45, 2.75) is 0 Å². The van der Waals surface area contributed by atoms with Crippen molar-refractivity contribution in [2.75, 3.05) is 16.3 Å². The van der Waals surface area contributed by atoms with Crippen LogP contribution in [0.2, 0.25) is 5.02 Å². The van der Waals surface area contributed by atoms with Crippen molar-refractivity contribution >= 4 is 38.9 Å². The Morgan fingerprint density at radius 2 is 1.82 bits per heavy atom. The molecule has 0 aliphatic rings. The van der Waals surface area contributed by atoms with Crippen LogP contribution in [-0.4, -0.2) is 20.6 Å². The molecular formula is C14H12ClFN2O3S. The minimum absolute atomic E-state index is 0.0435. The number of hydrogen-bond acceptors (Lipinski definition) is 3. The summed E-state index contributed by atoms with van der Waals surface area (Å²) in [5.41, 5.74) is 0.376. The van der Waals surface area contributed by atoms with Gasteiger partial charge in [0.2, 0.25) is 10.0 Å². The number of carbonyl (C=O) groups is 1. The lowest BCUT2D eigenvalue weighted by atomic mass is 10.2. The number of nitrogens with one attached hydrogen (secondary N) is 2. The molecule has 0 atom stereocenters. The summed E-state index contributed by atoms with van der Waals surface area (Å²) in [6, 6.07) is 9.79. The highest BCUT2D eigenvalue weighted by Crippen LogP contribution is 2.24. The Morgan fingerprint density at radius 3 is 2.41 bits per heavy atom. The molecule has 8 heteroatoms. The number of carbonyl (C=O) groups excluding carboxylic acids is 1. The highest BCUT2D eigenvalue weighted by atomic mass is 35.5. The molecule has 0 aromatic heterocycles. The quantitative estimate of drug-likeness (QED) is 0.896. The van der Waals surface area contributed by atoms with Crippen molar-refractivity contribution in [1.29, 1.82) is 0 Å². The van der Waals surface area contributed by atoms with E-state index in [1.807, 2.05) is 0 Å². The van der Waals surface area contributed by atoms with Crippen LogP contribution in [0.1, 0.15) is 10.4 Å². The Morgan fingerprint density at radius 1 is 1.14 bits per heavy atom. The third-order valence-electron chi connectivity index (χ3n) is 2.65. The van der Waals surface area contributed by atoms with E-state index in [2.05, 4.69) is 10.0 Å². The van der Waals surface area contributed by atoms with Crippen LogP contribution in [0, 0.1) is 5.82 Å². The molecule has 0 aliphatic carbocycles. The lowest BCUT2D eigenvalue weighted by Crippen LogP contribution is -2.14. The number of sulfonamides is 1. The van der Waals surface area contributed by atoms with Gasteiger partial charge in [-0.3, -0.25) is 9.52 Å². The van der Waals surface area contributed by atoms with E-state index in [1.165, 1.54) is 36.4 Å². The van der Waals surface area contributed by atoms with Crippen molar-refractivity contribution in [3.05, 3.63) is 58.9 Å². The molecule has 5 nitrogen and oxygen atoms in total. The van der Waals surface area contributed by atoms with Crippen molar-refractivity contribution in [1.82, 2.24) is 0 Å². The molecule has 116 valence electrons. The Bertz CT molecular complexity index is 825. The molecule has 0 bridgehead atoms. The second kappa shape index (κ2) is 6.33. The zero-order chi connectivity index (χ0) is 16.3. The van der Waals surface area contributed by atoms with Crippen LogP contribution in [0.3, 0.4) is 0 Å².